The highest BCUT2D eigenvalue weighted by Crippen LogP contribution is 2.27. The Morgan fingerprint density at radius 2 is 2.11 bits per heavy atom. The molecule has 0 bridgehead atoms. The smallest absolute Gasteiger partial charge is 0.311 e. The summed E-state index contributed by atoms with van der Waals surface area (Å²) in [5.41, 5.74) is 1.12. The van der Waals surface area contributed by atoms with Crippen LogP contribution in [0.1, 0.15) is 16.1 Å². The highest BCUT2D eigenvalue weighted by atomic mass is 35.5. The van der Waals surface area contributed by atoms with Crippen molar-refractivity contribution in [3.05, 3.63) is 80.9 Å². The van der Waals surface area contributed by atoms with Crippen molar-refractivity contribution in [1.82, 2.24) is 9.78 Å². The van der Waals surface area contributed by atoms with E-state index in [1.54, 1.807) is 18.2 Å². The Kier molecular flexibility index (Phi) is 5.55. The van der Waals surface area contributed by atoms with Crippen molar-refractivity contribution >= 4 is 28.9 Å². The largest absolute Gasteiger partial charge is 0.464 e. The van der Waals surface area contributed by atoms with Gasteiger partial charge < -0.3 is 10.1 Å². The van der Waals surface area contributed by atoms with Crippen LogP contribution in [0.3, 0.4) is 0 Å². The lowest BCUT2D eigenvalue weighted by atomic mass is 10.2. The number of carbonyl (C=O) groups is 1. The van der Waals surface area contributed by atoms with Gasteiger partial charge in [-0.15, -0.1) is 0 Å². The Labute approximate surface area is 163 Å². The number of aryl methyl sites for hydroxylation is 1. The van der Waals surface area contributed by atoms with Crippen LogP contribution in [-0.2, 0) is 6.73 Å². The third-order valence-corrected chi connectivity index (χ3v) is 4.03. The Balaban J connectivity index is 1.69. The maximum absolute atomic E-state index is 13.3. The number of halogens is 2. The third kappa shape index (κ3) is 4.44. The molecule has 0 unspecified atom stereocenters. The van der Waals surface area contributed by atoms with E-state index in [4.69, 9.17) is 16.3 Å². The number of aromatic nitrogens is 2. The summed E-state index contributed by atoms with van der Waals surface area (Å²) in [6, 6.07) is 9.47. The zero-order chi connectivity index (χ0) is 20.3. The normalized spacial score (nSPS) is 10.5. The van der Waals surface area contributed by atoms with Crippen molar-refractivity contribution in [2.45, 2.75) is 13.7 Å². The predicted molar refractivity (Wildman–Crippen MR) is 100 cm³/mol. The molecule has 1 N–H and O–H groups in total. The van der Waals surface area contributed by atoms with Gasteiger partial charge in [0, 0.05) is 29.0 Å². The Hall–Kier alpha value is -3.46. The number of nitro groups is 1. The summed E-state index contributed by atoms with van der Waals surface area (Å²) >= 11 is 5.93. The number of carbonyl (C=O) groups excluding carboxylic acids is 1. The fourth-order valence-electron chi connectivity index (χ4n) is 2.36. The number of hydrogen-bond donors (Lipinski definition) is 1. The van der Waals surface area contributed by atoms with Gasteiger partial charge in [-0.3, -0.25) is 14.9 Å². The molecule has 0 atom stereocenters. The van der Waals surface area contributed by atoms with Gasteiger partial charge in [0.15, 0.2) is 12.4 Å². The van der Waals surface area contributed by atoms with Crippen molar-refractivity contribution in [2.75, 3.05) is 5.32 Å². The minimum Gasteiger partial charge on any atom is -0.464 e. The Morgan fingerprint density at radius 1 is 1.32 bits per heavy atom. The van der Waals surface area contributed by atoms with E-state index in [0.29, 0.717) is 10.7 Å². The van der Waals surface area contributed by atoms with Gasteiger partial charge in [0.25, 0.3) is 5.91 Å². The summed E-state index contributed by atoms with van der Waals surface area (Å²) < 4.78 is 19.9. The minimum absolute atomic E-state index is 0.108. The molecule has 2 aromatic carbocycles. The predicted octanol–water partition coefficient (Wildman–Crippen LogP) is 4.18. The topological polar surface area (TPSA) is 99.3 Å². The molecule has 0 aliphatic carbocycles. The van der Waals surface area contributed by atoms with E-state index < -0.39 is 16.6 Å². The summed E-state index contributed by atoms with van der Waals surface area (Å²) in [4.78, 5) is 22.6. The number of amides is 1. The zero-order valence-electron chi connectivity index (χ0n) is 14.6. The second-order valence-electron chi connectivity index (χ2n) is 5.80. The summed E-state index contributed by atoms with van der Waals surface area (Å²) in [6.07, 6.45) is 1.46. The number of benzene rings is 2. The molecule has 0 saturated carbocycles. The summed E-state index contributed by atoms with van der Waals surface area (Å²) in [6.45, 7) is 1.58. The summed E-state index contributed by atoms with van der Waals surface area (Å²) in [5, 5.41) is 18.2. The average Bonchev–Trinajstić information content (AvgIpc) is 3.12. The molecule has 144 valence electrons. The van der Waals surface area contributed by atoms with Gasteiger partial charge in [0.1, 0.15) is 5.82 Å². The van der Waals surface area contributed by atoms with Crippen molar-refractivity contribution < 1.29 is 18.8 Å². The van der Waals surface area contributed by atoms with Crippen LogP contribution >= 0.6 is 11.6 Å². The number of anilines is 1. The highest BCUT2D eigenvalue weighted by Gasteiger charge is 2.17. The summed E-state index contributed by atoms with van der Waals surface area (Å²) in [7, 11) is 0. The van der Waals surface area contributed by atoms with Crippen molar-refractivity contribution in [3.8, 4) is 5.75 Å². The zero-order valence-corrected chi connectivity index (χ0v) is 15.3. The van der Waals surface area contributed by atoms with Crippen LogP contribution in [0.4, 0.5) is 15.8 Å². The van der Waals surface area contributed by atoms with Crippen LogP contribution in [0.15, 0.2) is 48.7 Å². The van der Waals surface area contributed by atoms with Gasteiger partial charge in [-0.05, 0) is 36.8 Å². The van der Waals surface area contributed by atoms with Gasteiger partial charge in [-0.2, -0.15) is 5.10 Å². The first-order chi connectivity index (χ1) is 13.3. The molecule has 1 aromatic heterocycles. The van der Waals surface area contributed by atoms with E-state index >= 15 is 0 Å². The quantitative estimate of drug-likeness (QED) is 0.490. The van der Waals surface area contributed by atoms with Gasteiger partial charge in [0.05, 0.1) is 4.92 Å². The van der Waals surface area contributed by atoms with E-state index in [0.717, 1.165) is 23.8 Å². The van der Waals surface area contributed by atoms with Gasteiger partial charge >= 0.3 is 5.69 Å². The second-order valence-corrected chi connectivity index (χ2v) is 6.23. The van der Waals surface area contributed by atoms with Crippen LogP contribution in [0.2, 0.25) is 5.02 Å². The van der Waals surface area contributed by atoms with Crippen LogP contribution in [-0.4, -0.2) is 20.6 Å². The number of rotatable bonds is 6. The van der Waals surface area contributed by atoms with Crippen molar-refractivity contribution in [1.29, 1.82) is 0 Å². The van der Waals surface area contributed by atoms with Gasteiger partial charge in [-0.25, -0.2) is 9.07 Å². The molecule has 8 nitrogen and oxygen atoms in total. The molecule has 3 rings (SSSR count). The SMILES string of the molecule is Cc1ccc(Cl)cc1NC(=O)c1ccn(COc2cc(F)ccc2[N+](=O)[O-])n1. The molecule has 1 heterocycles. The molecule has 1 amide bonds. The Morgan fingerprint density at radius 3 is 2.86 bits per heavy atom. The second kappa shape index (κ2) is 8.05. The first-order valence-corrected chi connectivity index (χ1v) is 8.39. The molecular formula is C18H14ClFN4O4. The standard InChI is InChI=1S/C18H14ClFN4O4/c1-11-2-3-12(19)8-15(11)21-18(25)14-6-7-23(22-14)10-28-17-9-13(20)4-5-16(17)24(26)27/h2-9H,10H2,1H3,(H,21,25). The average molecular weight is 405 g/mol. The van der Waals surface area contributed by atoms with E-state index in [-0.39, 0.29) is 23.9 Å². The number of nitrogens with zero attached hydrogens (tertiary/aromatic N) is 3. The number of nitrogens with one attached hydrogen (secondary N) is 1. The van der Waals surface area contributed by atoms with Crippen LogP contribution < -0.4 is 10.1 Å². The lowest BCUT2D eigenvalue weighted by Gasteiger charge is -2.08. The number of nitro benzene ring substituents is 1. The molecule has 0 radical (unpaired) electrons. The van der Waals surface area contributed by atoms with Crippen LogP contribution in [0.5, 0.6) is 5.75 Å². The van der Waals surface area contributed by atoms with E-state index in [9.17, 15) is 19.3 Å². The maximum Gasteiger partial charge on any atom is 0.311 e. The van der Waals surface area contributed by atoms with Crippen LogP contribution in [0, 0.1) is 22.9 Å². The first kappa shape index (κ1) is 19.3. The molecule has 3 aromatic rings. The number of hydrogen-bond acceptors (Lipinski definition) is 5. The van der Waals surface area contributed by atoms with Crippen molar-refractivity contribution in [2.24, 2.45) is 0 Å². The van der Waals surface area contributed by atoms with E-state index in [2.05, 4.69) is 10.4 Å². The lowest BCUT2D eigenvalue weighted by molar-refractivity contribution is -0.386. The molecule has 0 aliphatic rings. The molecule has 0 aliphatic heterocycles. The number of ether oxygens (including phenoxy) is 1. The lowest BCUT2D eigenvalue weighted by Crippen LogP contribution is -2.15. The Bertz CT molecular complexity index is 1050. The van der Waals surface area contributed by atoms with Gasteiger partial charge in [0.2, 0.25) is 5.75 Å². The fourth-order valence-corrected chi connectivity index (χ4v) is 2.53. The van der Waals surface area contributed by atoms with E-state index in [1.807, 2.05) is 6.92 Å². The third-order valence-electron chi connectivity index (χ3n) is 3.79. The van der Waals surface area contributed by atoms with E-state index in [1.165, 1.54) is 16.9 Å². The molecule has 10 heteroatoms. The fraction of sp³-hybridized carbons (Fsp3) is 0.111. The first-order valence-electron chi connectivity index (χ1n) is 8.01. The maximum atomic E-state index is 13.3. The minimum atomic E-state index is -0.677. The van der Waals surface area contributed by atoms with Crippen molar-refractivity contribution in [3.63, 3.8) is 0 Å². The van der Waals surface area contributed by atoms with Gasteiger partial charge in [-0.1, -0.05) is 17.7 Å². The monoisotopic (exact) mass is 404 g/mol. The molecular weight excluding hydrogens is 391 g/mol. The van der Waals surface area contributed by atoms with Crippen LogP contribution in [0.25, 0.3) is 0 Å². The molecule has 0 saturated heterocycles. The summed E-state index contributed by atoms with van der Waals surface area (Å²) in [5.74, 6) is -1.36. The molecule has 0 spiro atoms. The molecule has 0 fully saturated rings. The molecule has 28 heavy (non-hydrogen) atoms. The highest BCUT2D eigenvalue weighted by molar-refractivity contribution is 6.31.